The van der Waals surface area contributed by atoms with E-state index < -0.39 is 11.9 Å². The van der Waals surface area contributed by atoms with Crippen molar-refractivity contribution in [1.29, 1.82) is 0 Å². The largest absolute Gasteiger partial charge is 0.481 e. The molecule has 0 saturated carbocycles. The number of aromatic nitrogens is 1. The van der Waals surface area contributed by atoms with Crippen molar-refractivity contribution in [2.45, 2.75) is 64.3 Å². The van der Waals surface area contributed by atoms with Gasteiger partial charge in [-0.1, -0.05) is 32.8 Å². The molecule has 3 atom stereocenters. The molecule has 8 nitrogen and oxygen atoms in total. The quantitative estimate of drug-likeness (QED) is 0.432. The number of carbonyl (C=O) groups is 2. The molecule has 3 unspecified atom stereocenters. The van der Waals surface area contributed by atoms with Crippen molar-refractivity contribution in [3.8, 4) is 11.5 Å². The van der Waals surface area contributed by atoms with Gasteiger partial charge in [-0.25, -0.2) is 0 Å². The van der Waals surface area contributed by atoms with Gasteiger partial charge in [-0.15, -0.1) is 0 Å². The highest BCUT2D eigenvalue weighted by Crippen LogP contribution is 2.43. The number of carboxylic acid groups (broad SMARTS) is 1. The zero-order valence-electron chi connectivity index (χ0n) is 22.4. The first-order valence-electron chi connectivity index (χ1n) is 13.7. The van der Waals surface area contributed by atoms with E-state index in [0.29, 0.717) is 24.5 Å². The second kappa shape index (κ2) is 12.5. The van der Waals surface area contributed by atoms with Gasteiger partial charge in [0.1, 0.15) is 0 Å². The van der Waals surface area contributed by atoms with E-state index in [9.17, 15) is 14.7 Å². The van der Waals surface area contributed by atoms with Crippen molar-refractivity contribution >= 4 is 11.9 Å². The Morgan fingerprint density at radius 2 is 1.81 bits per heavy atom. The number of likely N-dealkylation sites (tertiary alicyclic amines) is 1. The summed E-state index contributed by atoms with van der Waals surface area (Å²) in [6, 6.07) is 9.56. The molecule has 8 heteroatoms. The Hall–Kier alpha value is -3.00. The molecule has 3 heterocycles. The minimum atomic E-state index is -0.816. The predicted octanol–water partition coefficient (Wildman–Crippen LogP) is 4.28. The standard InChI is InChI=1S/C29H41N3O5/c1-4-6-15-31(16-7-5-2)27(33)19-32-18-23(21-10-13-25-26(17-21)37-20-36-25)28(29(34)35)24(32)12-11-22-9-8-14-30(22)3/h8-10,13-14,17,23-24,28H,4-7,11-12,15-16,18-20H2,1-3H3,(H,34,35). The van der Waals surface area contributed by atoms with Gasteiger partial charge >= 0.3 is 5.97 Å². The number of nitrogens with zero attached hydrogens (tertiary/aromatic N) is 3. The number of amides is 1. The number of benzene rings is 1. The van der Waals surface area contributed by atoms with Crippen molar-refractivity contribution < 1.29 is 24.2 Å². The number of hydrogen-bond acceptors (Lipinski definition) is 5. The minimum Gasteiger partial charge on any atom is -0.481 e. The average molecular weight is 512 g/mol. The van der Waals surface area contributed by atoms with Gasteiger partial charge in [0, 0.05) is 50.5 Å². The Labute approximate surface area is 220 Å². The van der Waals surface area contributed by atoms with E-state index in [0.717, 1.165) is 56.5 Å². The van der Waals surface area contributed by atoms with Gasteiger partial charge in [-0.2, -0.15) is 0 Å². The van der Waals surface area contributed by atoms with Gasteiger partial charge in [0.15, 0.2) is 11.5 Å². The number of aliphatic carboxylic acids is 1. The van der Waals surface area contributed by atoms with Gasteiger partial charge in [0.2, 0.25) is 12.7 Å². The summed E-state index contributed by atoms with van der Waals surface area (Å²) in [6.45, 7) is 6.73. The first-order valence-corrected chi connectivity index (χ1v) is 13.7. The molecule has 1 N–H and O–H groups in total. The van der Waals surface area contributed by atoms with E-state index >= 15 is 0 Å². The molecule has 2 aliphatic rings. The fraction of sp³-hybridized carbons (Fsp3) is 0.586. The van der Waals surface area contributed by atoms with E-state index in [-0.39, 0.29) is 31.2 Å². The van der Waals surface area contributed by atoms with Crippen LogP contribution in [0.4, 0.5) is 0 Å². The number of carboxylic acids is 1. The first-order chi connectivity index (χ1) is 17.9. The molecule has 0 bridgehead atoms. The number of aryl methyl sites for hydroxylation is 2. The van der Waals surface area contributed by atoms with Crippen molar-refractivity contribution in [1.82, 2.24) is 14.4 Å². The Kier molecular flexibility index (Phi) is 9.14. The van der Waals surface area contributed by atoms with Gasteiger partial charge < -0.3 is 24.0 Å². The summed E-state index contributed by atoms with van der Waals surface area (Å²) in [5.74, 6) is -0.235. The van der Waals surface area contributed by atoms with Gasteiger partial charge in [-0.3, -0.25) is 14.5 Å². The third kappa shape index (κ3) is 6.29. The number of hydrogen-bond donors (Lipinski definition) is 1. The highest BCUT2D eigenvalue weighted by atomic mass is 16.7. The smallest absolute Gasteiger partial charge is 0.308 e. The molecule has 4 rings (SSSR count). The van der Waals surface area contributed by atoms with Gasteiger partial charge in [0.25, 0.3) is 0 Å². The van der Waals surface area contributed by atoms with Crippen molar-refractivity contribution in [2.24, 2.45) is 13.0 Å². The van der Waals surface area contributed by atoms with Crippen LogP contribution < -0.4 is 9.47 Å². The molecule has 0 aliphatic carbocycles. The molecule has 1 aromatic heterocycles. The van der Waals surface area contributed by atoms with Gasteiger partial charge in [0.05, 0.1) is 12.5 Å². The van der Waals surface area contributed by atoms with Crippen LogP contribution in [0.15, 0.2) is 36.5 Å². The molecule has 1 amide bonds. The summed E-state index contributed by atoms with van der Waals surface area (Å²) >= 11 is 0. The molecule has 1 fully saturated rings. The zero-order chi connectivity index (χ0) is 26.4. The molecule has 37 heavy (non-hydrogen) atoms. The lowest BCUT2D eigenvalue weighted by Gasteiger charge is -2.30. The Morgan fingerprint density at radius 3 is 2.46 bits per heavy atom. The van der Waals surface area contributed by atoms with Crippen LogP contribution in [0.1, 0.15) is 63.1 Å². The Bertz CT molecular complexity index is 1060. The number of fused-ring (bicyclic) bond motifs is 1. The molecule has 2 aromatic rings. The summed E-state index contributed by atoms with van der Waals surface area (Å²) in [6.07, 6.45) is 7.46. The molecule has 1 aromatic carbocycles. The lowest BCUT2D eigenvalue weighted by molar-refractivity contribution is -0.143. The van der Waals surface area contributed by atoms with Crippen molar-refractivity contribution in [3.63, 3.8) is 0 Å². The minimum absolute atomic E-state index is 0.0984. The Morgan fingerprint density at radius 1 is 1.08 bits per heavy atom. The summed E-state index contributed by atoms with van der Waals surface area (Å²) in [5.41, 5.74) is 2.08. The molecule has 1 saturated heterocycles. The number of unbranched alkanes of at least 4 members (excludes halogenated alkanes) is 2. The van der Waals surface area contributed by atoms with Crippen LogP contribution in [-0.2, 0) is 23.1 Å². The van der Waals surface area contributed by atoms with Crippen LogP contribution in [0, 0.1) is 5.92 Å². The van der Waals surface area contributed by atoms with E-state index in [4.69, 9.17) is 9.47 Å². The third-order valence-electron chi connectivity index (χ3n) is 7.86. The second-order valence-corrected chi connectivity index (χ2v) is 10.3. The lowest BCUT2D eigenvalue weighted by atomic mass is 9.83. The molecule has 0 spiro atoms. The van der Waals surface area contributed by atoms with E-state index in [1.807, 2.05) is 42.4 Å². The van der Waals surface area contributed by atoms with Crippen LogP contribution in [0.5, 0.6) is 11.5 Å². The van der Waals surface area contributed by atoms with E-state index in [1.54, 1.807) is 0 Å². The van der Waals surface area contributed by atoms with Crippen LogP contribution in [0.25, 0.3) is 0 Å². The van der Waals surface area contributed by atoms with Crippen molar-refractivity contribution in [2.75, 3.05) is 33.0 Å². The average Bonchev–Trinajstić information content (AvgIpc) is 3.60. The lowest BCUT2D eigenvalue weighted by Crippen LogP contribution is -2.44. The van der Waals surface area contributed by atoms with E-state index in [2.05, 4.69) is 29.4 Å². The van der Waals surface area contributed by atoms with Crippen LogP contribution >= 0.6 is 0 Å². The SMILES string of the molecule is CCCCN(CCCC)C(=O)CN1CC(c2ccc3c(c2)OCO3)C(C(=O)O)C1CCc1cccn1C. The molecule has 0 radical (unpaired) electrons. The molecular formula is C29H41N3O5. The number of ether oxygens (including phenoxy) is 2. The van der Waals surface area contributed by atoms with Gasteiger partial charge in [-0.05, 0) is 55.5 Å². The zero-order valence-corrected chi connectivity index (χ0v) is 22.4. The summed E-state index contributed by atoms with van der Waals surface area (Å²) in [5, 5.41) is 10.4. The second-order valence-electron chi connectivity index (χ2n) is 10.3. The molecular weight excluding hydrogens is 470 g/mol. The summed E-state index contributed by atoms with van der Waals surface area (Å²) in [4.78, 5) is 30.3. The molecule has 202 valence electrons. The van der Waals surface area contributed by atoms with Crippen LogP contribution in [0.2, 0.25) is 0 Å². The van der Waals surface area contributed by atoms with Crippen LogP contribution in [0.3, 0.4) is 0 Å². The topological polar surface area (TPSA) is 84.2 Å². The summed E-state index contributed by atoms with van der Waals surface area (Å²) in [7, 11) is 2.01. The van der Waals surface area contributed by atoms with Crippen molar-refractivity contribution in [3.05, 3.63) is 47.8 Å². The maximum absolute atomic E-state index is 13.5. The first kappa shape index (κ1) is 27.0. The molecule has 2 aliphatic heterocycles. The normalized spacial score (nSPS) is 20.9. The predicted molar refractivity (Wildman–Crippen MR) is 142 cm³/mol. The fourth-order valence-electron chi connectivity index (χ4n) is 5.72. The number of carbonyl (C=O) groups excluding carboxylic acids is 1. The van der Waals surface area contributed by atoms with E-state index in [1.165, 1.54) is 0 Å². The monoisotopic (exact) mass is 511 g/mol. The van der Waals surface area contributed by atoms with Crippen LogP contribution in [-0.4, -0.2) is 70.4 Å². The number of rotatable bonds is 13. The highest BCUT2D eigenvalue weighted by Gasteiger charge is 2.47. The Balaban J connectivity index is 1.59. The third-order valence-corrected chi connectivity index (χ3v) is 7.86. The maximum Gasteiger partial charge on any atom is 0.308 e. The fourth-order valence-corrected chi connectivity index (χ4v) is 5.72. The highest BCUT2D eigenvalue weighted by molar-refractivity contribution is 5.79. The summed E-state index contributed by atoms with van der Waals surface area (Å²) < 4.78 is 13.1. The maximum atomic E-state index is 13.5.